The molecule has 0 spiro atoms. The fraction of sp³-hybridized carbons (Fsp3) is 0.263. The summed E-state index contributed by atoms with van der Waals surface area (Å²) in [6.45, 7) is 2.27. The molecule has 0 saturated heterocycles. The second kappa shape index (κ2) is 8.99. The number of carbonyl (C=O) groups is 1. The van der Waals surface area contributed by atoms with Crippen molar-refractivity contribution in [2.24, 2.45) is 0 Å². The van der Waals surface area contributed by atoms with Crippen LogP contribution in [0.2, 0.25) is 0 Å². The Morgan fingerprint density at radius 1 is 1.25 bits per heavy atom. The number of benzene rings is 2. The Hall–Kier alpha value is -2.45. The summed E-state index contributed by atoms with van der Waals surface area (Å²) in [4.78, 5) is 15.5. The molecule has 0 heterocycles. The molecule has 0 aliphatic carbocycles. The van der Waals surface area contributed by atoms with Crippen LogP contribution in [0.4, 0.5) is 5.69 Å². The monoisotopic (exact) mass is 340 g/mol. The molecule has 2 aromatic rings. The molecule has 0 saturated carbocycles. The van der Waals surface area contributed by atoms with Crippen LogP contribution in [-0.2, 0) is 4.79 Å². The van der Waals surface area contributed by atoms with Gasteiger partial charge in [0.2, 0.25) is 5.91 Å². The first-order valence-electron chi connectivity index (χ1n) is 7.70. The molecule has 2 rings (SSSR count). The van der Waals surface area contributed by atoms with Gasteiger partial charge in [0.05, 0.1) is 24.8 Å². The number of nitriles is 1. The summed E-state index contributed by atoms with van der Waals surface area (Å²) in [6, 6.07) is 19.2. The van der Waals surface area contributed by atoms with Gasteiger partial charge in [0.25, 0.3) is 0 Å². The molecule has 1 amide bonds. The predicted octanol–water partition coefficient (Wildman–Crippen LogP) is 4.12. The van der Waals surface area contributed by atoms with Crippen LogP contribution < -0.4 is 9.64 Å². The van der Waals surface area contributed by atoms with Crippen LogP contribution in [0.25, 0.3) is 0 Å². The van der Waals surface area contributed by atoms with Crippen molar-refractivity contribution in [3.05, 3.63) is 54.6 Å². The number of nitrogens with zero attached hydrogens (tertiary/aromatic N) is 2. The molecule has 0 aliphatic heterocycles. The van der Waals surface area contributed by atoms with Gasteiger partial charge < -0.3 is 9.64 Å². The lowest BCUT2D eigenvalue weighted by Gasteiger charge is -2.25. The lowest BCUT2D eigenvalue weighted by molar-refractivity contribution is -0.117. The molecular formula is C19H20N2O2S. The van der Waals surface area contributed by atoms with Gasteiger partial charge in [-0.1, -0.05) is 24.3 Å². The number of hydrogen-bond acceptors (Lipinski definition) is 4. The van der Waals surface area contributed by atoms with E-state index in [1.807, 2.05) is 61.5 Å². The lowest BCUT2D eigenvalue weighted by atomic mass is 10.2. The standard InChI is InChI=1S/C19H20N2O2S/c1-15(24-18-11-6-10-17(14-18)23-2)19(22)21(13-7-12-20)16-8-4-3-5-9-16/h3-6,8-11,14-15H,7,13H2,1-2H3. The van der Waals surface area contributed by atoms with E-state index in [1.165, 1.54) is 11.8 Å². The van der Waals surface area contributed by atoms with Crippen molar-refractivity contribution >= 4 is 23.4 Å². The minimum absolute atomic E-state index is 0.00994. The van der Waals surface area contributed by atoms with Gasteiger partial charge in [-0.05, 0) is 37.3 Å². The average molecular weight is 340 g/mol. The average Bonchev–Trinajstić information content (AvgIpc) is 2.63. The Kier molecular flexibility index (Phi) is 6.71. The SMILES string of the molecule is COc1cccc(SC(C)C(=O)N(CCC#N)c2ccccc2)c1. The molecule has 5 heteroatoms. The van der Waals surface area contributed by atoms with Crippen molar-refractivity contribution in [3.63, 3.8) is 0 Å². The van der Waals surface area contributed by atoms with Crippen LogP contribution in [0, 0.1) is 11.3 Å². The van der Waals surface area contributed by atoms with E-state index in [9.17, 15) is 4.79 Å². The summed E-state index contributed by atoms with van der Waals surface area (Å²) < 4.78 is 5.22. The number of hydrogen-bond donors (Lipinski definition) is 0. The third-order valence-electron chi connectivity index (χ3n) is 3.48. The number of amides is 1. The van der Waals surface area contributed by atoms with Gasteiger partial charge in [-0.15, -0.1) is 11.8 Å². The Bertz CT molecular complexity index is 713. The molecule has 0 N–H and O–H groups in total. The van der Waals surface area contributed by atoms with Gasteiger partial charge in [0.1, 0.15) is 5.75 Å². The van der Waals surface area contributed by atoms with E-state index in [1.54, 1.807) is 12.0 Å². The first-order valence-corrected chi connectivity index (χ1v) is 8.57. The Morgan fingerprint density at radius 2 is 2.00 bits per heavy atom. The Morgan fingerprint density at radius 3 is 2.67 bits per heavy atom. The van der Waals surface area contributed by atoms with Crippen molar-refractivity contribution in [1.82, 2.24) is 0 Å². The van der Waals surface area contributed by atoms with Crippen LogP contribution in [0.3, 0.4) is 0 Å². The molecule has 124 valence electrons. The van der Waals surface area contributed by atoms with Gasteiger partial charge in [-0.25, -0.2) is 0 Å². The highest BCUT2D eigenvalue weighted by atomic mass is 32.2. The van der Waals surface area contributed by atoms with Crippen molar-refractivity contribution in [2.75, 3.05) is 18.6 Å². The van der Waals surface area contributed by atoms with Crippen LogP contribution in [0.1, 0.15) is 13.3 Å². The highest BCUT2D eigenvalue weighted by molar-refractivity contribution is 8.00. The first kappa shape index (κ1) is 17.9. The van der Waals surface area contributed by atoms with E-state index in [-0.39, 0.29) is 11.2 Å². The van der Waals surface area contributed by atoms with Gasteiger partial charge in [-0.2, -0.15) is 5.26 Å². The van der Waals surface area contributed by atoms with Crippen molar-refractivity contribution in [2.45, 2.75) is 23.5 Å². The summed E-state index contributed by atoms with van der Waals surface area (Å²) >= 11 is 1.48. The number of para-hydroxylation sites is 1. The second-order valence-corrected chi connectivity index (χ2v) is 6.59. The number of rotatable bonds is 7. The fourth-order valence-electron chi connectivity index (χ4n) is 2.28. The molecule has 1 atom stereocenters. The van der Waals surface area contributed by atoms with E-state index in [0.29, 0.717) is 13.0 Å². The van der Waals surface area contributed by atoms with Crippen molar-refractivity contribution < 1.29 is 9.53 Å². The summed E-state index contributed by atoms with van der Waals surface area (Å²) in [5, 5.41) is 8.60. The zero-order valence-corrected chi connectivity index (χ0v) is 14.6. The molecule has 0 bridgehead atoms. The number of methoxy groups -OCH3 is 1. The van der Waals surface area contributed by atoms with E-state index < -0.39 is 0 Å². The smallest absolute Gasteiger partial charge is 0.240 e. The van der Waals surface area contributed by atoms with Crippen LogP contribution >= 0.6 is 11.8 Å². The summed E-state index contributed by atoms with van der Waals surface area (Å²) in [7, 11) is 1.62. The van der Waals surface area contributed by atoms with Gasteiger partial charge in [0, 0.05) is 17.1 Å². The second-order valence-electron chi connectivity index (χ2n) is 5.17. The minimum atomic E-state index is -0.268. The molecule has 0 aliphatic rings. The molecule has 0 fully saturated rings. The van der Waals surface area contributed by atoms with Crippen molar-refractivity contribution in [3.8, 4) is 11.8 Å². The fourth-order valence-corrected chi connectivity index (χ4v) is 3.26. The Balaban J connectivity index is 2.14. The molecule has 0 aromatic heterocycles. The normalized spacial score (nSPS) is 11.4. The number of carbonyl (C=O) groups excluding carboxylic acids is 1. The van der Waals surface area contributed by atoms with Gasteiger partial charge in [0.15, 0.2) is 0 Å². The quantitative estimate of drug-likeness (QED) is 0.711. The molecule has 4 nitrogen and oxygen atoms in total. The van der Waals surface area contributed by atoms with Gasteiger partial charge >= 0.3 is 0 Å². The Labute approximate surface area is 147 Å². The van der Waals surface area contributed by atoms with Crippen LogP contribution in [0.5, 0.6) is 5.75 Å². The molecule has 2 aromatic carbocycles. The first-order chi connectivity index (χ1) is 11.7. The number of thioether (sulfide) groups is 1. The van der Waals surface area contributed by atoms with E-state index in [0.717, 1.165) is 16.3 Å². The molecular weight excluding hydrogens is 320 g/mol. The number of anilines is 1. The summed E-state index contributed by atoms with van der Waals surface area (Å²) in [5.74, 6) is 0.758. The third-order valence-corrected chi connectivity index (χ3v) is 4.56. The van der Waals surface area contributed by atoms with E-state index in [2.05, 4.69) is 6.07 Å². The zero-order valence-electron chi connectivity index (χ0n) is 13.8. The lowest BCUT2D eigenvalue weighted by Crippen LogP contribution is -2.37. The zero-order chi connectivity index (χ0) is 17.4. The van der Waals surface area contributed by atoms with E-state index >= 15 is 0 Å². The maximum Gasteiger partial charge on any atom is 0.240 e. The summed E-state index contributed by atoms with van der Waals surface area (Å²) in [5.41, 5.74) is 0.816. The highest BCUT2D eigenvalue weighted by Crippen LogP contribution is 2.28. The molecule has 0 radical (unpaired) electrons. The molecule has 24 heavy (non-hydrogen) atoms. The highest BCUT2D eigenvalue weighted by Gasteiger charge is 2.22. The predicted molar refractivity (Wildman–Crippen MR) is 97.3 cm³/mol. The third kappa shape index (κ3) is 4.77. The van der Waals surface area contributed by atoms with E-state index in [4.69, 9.17) is 10.00 Å². The van der Waals surface area contributed by atoms with Gasteiger partial charge in [-0.3, -0.25) is 4.79 Å². The molecule has 1 unspecified atom stereocenters. The topological polar surface area (TPSA) is 53.3 Å². The van der Waals surface area contributed by atoms with Crippen LogP contribution in [-0.4, -0.2) is 24.8 Å². The van der Waals surface area contributed by atoms with Crippen molar-refractivity contribution in [1.29, 1.82) is 5.26 Å². The number of ether oxygens (including phenoxy) is 1. The van der Waals surface area contributed by atoms with Crippen LogP contribution in [0.15, 0.2) is 59.5 Å². The maximum absolute atomic E-state index is 12.9. The minimum Gasteiger partial charge on any atom is -0.497 e. The maximum atomic E-state index is 12.9. The largest absolute Gasteiger partial charge is 0.497 e. The summed E-state index contributed by atoms with van der Waals surface area (Å²) in [6.07, 6.45) is 0.303.